The molecule has 0 radical (unpaired) electrons. The van der Waals surface area contributed by atoms with Crippen molar-refractivity contribution in [2.24, 2.45) is 11.8 Å². The SMILES string of the molecule is O=C(Nc1cccc(NC(=O)C2CC2)c1)C1CCCC1. The molecule has 2 aliphatic carbocycles. The molecule has 4 heteroatoms. The van der Waals surface area contributed by atoms with Crippen LogP contribution in [0.15, 0.2) is 24.3 Å². The molecular formula is C16H20N2O2. The predicted molar refractivity (Wildman–Crippen MR) is 78.4 cm³/mol. The van der Waals surface area contributed by atoms with Crippen molar-refractivity contribution in [3.63, 3.8) is 0 Å². The van der Waals surface area contributed by atoms with Crippen LogP contribution in [0, 0.1) is 11.8 Å². The molecule has 106 valence electrons. The highest BCUT2D eigenvalue weighted by molar-refractivity contribution is 5.96. The molecule has 3 rings (SSSR count). The molecule has 20 heavy (non-hydrogen) atoms. The van der Waals surface area contributed by atoms with Crippen LogP contribution >= 0.6 is 0 Å². The topological polar surface area (TPSA) is 58.2 Å². The average molecular weight is 272 g/mol. The lowest BCUT2D eigenvalue weighted by atomic mass is 10.1. The van der Waals surface area contributed by atoms with Gasteiger partial charge in [-0.2, -0.15) is 0 Å². The second-order valence-electron chi connectivity index (χ2n) is 5.81. The zero-order valence-electron chi connectivity index (χ0n) is 11.5. The smallest absolute Gasteiger partial charge is 0.227 e. The van der Waals surface area contributed by atoms with Crippen molar-refractivity contribution in [3.05, 3.63) is 24.3 Å². The van der Waals surface area contributed by atoms with Crippen molar-refractivity contribution in [1.82, 2.24) is 0 Å². The van der Waals surface area contributed by atoms with Gasteiger partial charge in [0, 0.05) is 23.2 Å². The molecular weight excluding hydrogens is 252 g/mol. The van der Waals surface area contributed by atoms with E-state index in [1.54, 1.807) is 0 Å². The lowest BCUT2D eigenvalue weighted by Gasteiger charge is -2.11. The summed E-state index contributed by atoms with van der Waals surface area (Å²) in [6.07, 6.45) is 6.26. The number of anilines is 2. The van der Waals surface area contributed by atoms with Crippen molar-refractivity contribution in [2.45, 2.75) is 38.5 Å². The summed E-state index contributed by atoms with van der Waals surface area (Å²) in [6, 6.07) is 7.39. The lowest BCUT2D eigenvalue weighted by Crippen LogP contribution is -2.20. The Morgan fingerprint density at radius 2 is 1.35 bits per heavy atom. The first-order chi connectivity index (χ1) is 9.72. The number of nitrogens with one attached hydrogen (secondary N) is 2. The summed E-state index contributed by atoms with van der Waals surface area (Å²) in [6.45, 7) is 0. The molecule has 0 aliphatic heterocycles. The zero-order valence-corrected chi connectivity index (χ0v) is 11.5. The summed E-state index contributed by atoms with van der Waals surface area (Å²) in [5, 5.41) is 5.85. The molecule has 0 aromatic heterocycles. The second-order valence-corrected chi connectivity index (χ2v) is 5.81. The number of benzene rings is 1. The molecule has 0 atom stereocenters. The normalized spacial score (nSPS) is 18.8. The van der Waals surface area contributed by atoms with Crippen LogP contribution in [0.2, 0.25) is 0 Å². The minimum absolute atomic E-state index is 0.0873. The van der Waals surface area contributed by atoms with E-state index in [0.29, 0.717) is 0 Å². The average Bonchev–Trinajstić information content (AvgIpc) is 3.14. The first-order valence-electron chi connectivity index (χ1n) is 7.44. The molecule has 0 heterocycles. The maximum absolute atomic E-state index is 12.1. The third-order valence-electron chi connectivity index (χ3n) is 4.07. The summed E-state index contributed by atoms with van der Waals surface area (Å²) in [5.41, 5.74) is 1.52. The molecule has 2 aliphatic rings. The van der Waals surface area contributed by atoms with Crippen molar-refractivity contribution in [2.75, 3.05) is 10.6 Å². The largest absolute Gasteiger partial charge is 0.326 e. The van der Waals surface area contributed by atoms with E-state index in [-0.39, 0.29) is 23.7 Å². The maximum atomic E-state index is 12.1. The van der Waals surface area contributed by atoms with Crippen LogP contribution < -0.4 is 10.6 Å². The van der Waals surface area contributed by atoms with Gasteiger partial charge in [0.2, 0.25) is 11.8 Å². The first kappa shape index (κ1) is 13.2. The molecule has 2 saturated carbocycles. The van der Waals surface area contributed by atoms with Gasteiger partial charge >= 0.3 is 0 Å². The zero-order chi connectivity index (χ0) is 13.9. The minimum Gasteiger partial charge on any atom is -0.326 e. The number of amides is 2. The van der Waals surface area contributed by atoms with E-state index < -0.39 is 0 Å². The van der Waals surface area contributed by atoms with Gasteiger partial charge in [-0.05, 0) is 43.9 Å². The standard InChI is InChI=1S/C16H20N2O2/c19-15(11-4-1-2-5-11)17-13-6-3-7-14(10-13)18-16(20)12-8-9-12/h3,6-7,10-12H,1-2,4-5,8-9H2,(H,17,19)(H,18,20). The van der Waals surface area contributed by atoms with Crippen LogP contribution in [-0.2, 0) is 9.59 Å². The monoisotopic (exact) mass is 272 g/mol. The van der Waals surface area contributed by atoms with Gasteiger partial charge in [-0.25, -0.2) is 0 Å². The van der Waals surface area contributed by atoms with Crippen molar-refractivity contribution >= 4 is 23.2 Å². The molecule has 1 aromatic rings. The fraction of sp³-hybridized carbons (Fsp3) is 0.500. The molecule has 0 bridgehead atoms. The van der Waals surface area contributed by atoms with Crippen molar-refractivity contribution in [1.29, 1.82) is 0 Å². The van der Waals surface area contributed by atoms with E-state index in [2.05, 4.69) is 10.6 Å². The highest BCUT2D eigenvalue weighted by Crippen LogP contribution is 2.30. The number of hydrogen-bond donors (Lipinski definition) is 2. The van der Waals surface area contributed by atoms with Crippen LogP contribution in [0.5, 0.6) is 0 Å². The Kier molecular flexibility index (Phi) is 3.72. The molecule has 0 saturated heterocycles. The van der Waals surface area contributed by atoms with Crippen molar-refractivity contribution in [3.8, 4) is 0 Å². The Bertz CT molecular complexity index is 517. The number of hydrogen-bond acceptors (Lipinski definition) is 2. The van der Waals surface area contributed by atoms with Gasteiger partial charge in [-0.1, -0.05) is 18.9 Å². The Hall–Kier alpha value is -1.84. The number of rotatable bonds is 4. The van der Waals surface area contributed by atoms with E-state index in [4.69, 9.17) is 0 Å². The predicted octanol–water partition coefficient (Wildman–Crippen LogP) is 3.16. The Morgan fingerprint density at radius 3 is 1.85 bits per heavy atom. The minimum atomic E-state index is 0.0873. The molecule has 0 unspecified atom stereocenters. The molecule has 0 spiro atoms. The van der Waals surface area contributed by atoms with Gasteiger partial charge in [0.25, 0.3) is 0 Å². The summed E-state index contributed by atoms with van der Waals surface area (Å²) in [5.74, 6) is 0.531. The molecule has 4 nitrogen and oxygen atoms in total. The third kappa shape index (κ3) is 3.18. The summed E-state index contributed by atoms with van der Waals surface area (Å²) in [7, 11) is 0. The van der Waals surface area contributed by atoms with E-state index >= 15 is 0 Å². The van der Waals surface area contributed by atoms with Crippen LogP contribution in [-0.4, -0.2) is 11.8 Å². The fourth-order valence-electron chi connectivity index (χ4n) is 2.70. The van der Waals surface area contributed by atoms with Gasteiger partial charge in [0.1, 0.15) is 0 Å². The van der Waals surface area contributed by atoms with E-state index in [0.717, 1.165) is 49.9 Å². The maximum Gasteiger partial charge on any atom is 0.227 e. The van der Waals surface area contributed by atoms with Crippen LogP contribution in [0.3, 0.4) is 0 Å². The summed E-state index contributed by atoms with van der Waals surface area (Å²) in [4.78, 5) is 23.8. The third-order valence-corrected chi connectivity index (χ3v) is 4.07. The van der Waals surface area contributed by atoms with Crippen molar-refractivity contribution < 1.29 is 9.59 Å². The van der Waals surface area contributed by atoms with Crippen LogP contribution in [0.4, 0.5) is 11.4 Å². The van der Waals surface area contributed by atoms with Gasteiger partial charge in [-0.15, -0.1) is 0 Å². The van der Waals surface area contributed by atoms with Crippen LogP contribution in [0.1, 0.15) is 38.5 Å². The van der Waals surface area contributed by atoms with E-state index in [1.807, 2.05) is 24.3 Å². The molecule has 1 aromatic carbocycles. The molecule has 2 N–H and O–H groups in total. The highest BCUT2D eigenvalue weighted by Gasteiger charge is 2.29. The number of carbonyl (C=O) groups is 2. The molecule has 2 amide bonds. The first-order valence-corrected chi connectivity index (χ1v) is 7.44. The van der Waals surface area contributed by atoms with Gasteiger partial charge in [-0.3, -0.25) is 9.59 Å². The Morgan fingerprint density at radius 1 is 0.850 bits per heavy atom. The Labute approximate surface area is 118 Å². The van der Waals surface area contributed by atoms with Gasteiger partial charge in [0.05, 0.1) is 0 Å². The fourth-order valence-corrected chi connectivity index (χ4v) is 2.70. The van der Waals surface area contributed by atoms with Gasteiger partial charge < -0.3 is 10.6 Å². The lowest BCUT2D eigenvalue weighted by molar-refractivity contribution is -0.119. The highest BCUT2D eigenvalue weighted by atomic mass is 16.2. The van der Waals surface area contributed by atoms with E-state index in [9.17, 15) is 9.59 Å². The number of carbonyl (C=O) groups excluding carboxylic acids is 2. The van der Waals surface area contributed by atoms with Gasteiger partial charge in [0.15, 0.2) is 0 Å². The summed E-state index contributed by atoms with van der Waals surface area (Å²) >= 11 is 0. The summed E-state index contributed by atoms with van der Waals surface area (Å²) < 4.78 is 0. The molecule has 2 fully saturated rings. The quantitative estimate of drug-likeness (QED) is 0.884. The van der Waals surface area contributed by atoms with E-state index in [1.165, 1.54) is 0 Å². The van der Waals surface area contributed by atoms with Crippen LogP contribution in [0.25, 0.3) is 0 Å². The Balaban J connectivity index is 1.61. The second kappa shape index (κ2) is 5.65.